The van der Waals surface area contributed by atoms with E-state index < -0.39 is 0 Å². The zero-order chi connectivity index (χ0) is 11.5. The third kappa shape index (κ3) is 2.03. The zero-order valence-electron chi connectivity index (χ0n) is 9.20. The predicted molar refractivity (Wildman–Crippen MR) is 60.9 cm³/mol. The normalized spacial score (nSPS) is 10.2. The first-order valence-electron chi connectivity index (χ1n) is 4.98. The Hall–Kier alpha value is -1.90. The number of benzene rings is 1. The summed E-state index contributed by atoms with van der Waals surface area (Å²) in [7, 11) is 1.56. The number of aryl methyl sites for hydroxylation is 1. The molecule has 0 saturated heterocycles. The minimum Gasteiger partial charge on any atom is -0.481 e. The number of pyridine rings is 1. The van der Waals surface area contributed by atoms with E-state index >= 15 is 0 Å². The molecule has 0 aliphatic rings. The third-order valence-corrected chi connectivity index (χ3v) is 2.40. The molecule has 0 unspecified atom stereocenters. The van der Waals surface area contributed by atoms with Crippen LogP contribution in [0.1, 0.15) is 5.56 Å². The van der Waals surface area contributed by atoms with Crippen LogP contribution in [0.25, 0.3) is 11.3 Å². The number of methoxy groups -OCH3 is 1. The van der Waals surface area contributed by atoms with Crippen LogP contribution in [0.4, 0.5) is 4.39 Å². The second-order valence-corrected chi connectivity index (χ2v) is 3.53. The molecule has 0 aliphatic heterocycles. The van der Waals surface area contributed by atoms with Crippen molar-refractivity contribution in [3.63, 3.8) is 0 Å². The number of hydrogen-bond acceptors (Lipinski definition) is 2. The van der Waals surface area contributed by atoms with Crippen molar-refractivity contribution >= 4 is 0 Å². The van der Waals surface area contributed by atoms with E-state index in [-0.39, 0.29) is 5.82 Å². The van der Waals surface area contributed by atoms with Gasteiger partial charge in [0.05, 0.1) is 12.8 Å². The van der Waals surface area contributed by atoms with Crippen molar-refractivity contribution in [2.75, 3.05) is 7.11 Å². The molecule has 2 aromatic rings. The van der Waals surface area contributed by atoms with Gasteiger partial charge in [-0.2, -0.15) is 0 Å². The van der Waals surface area contributed by atoms with Gasteiger partial charge < -0.3 is 4.74 Å². The summed E-state index contributed by atoms with van der Waals surface area (Å²) in [5.74, 6) is 0.306. The van der Waals surface area contributed by atoms with Crippen molar-refractivity contribution in [2.45, 2.75) is 6.92 Å². The predicted octanol–water partition coefficient (Wildman–Crippen LogP) is 3.20. The molecule has 0 aliphatic carbocycles. The van der Waals surface area contributed by atoms with Gasteiger partial charge in [-0.15, -0.1) is 0 Å². The zero-order valence-corrected chi connectivity index (χ0v) is 9.20. The van der Waals surface area contributed by atoms with Gasteiger partial charge in [0.1, 0.15) is 5.82 Å². The first-order chi connectivity index (χ1) is 7.70. The minimum absolute atomic E-state index is 0.220. The summed E-state index contributed by atoms with van der Waals surface area (Å²) in [6, 6.07) is 10.5. The molecule has 0 atom stereocenters. The van der Waals surface area contributed by atoms with Crippen molar-refractivity contribution in [1.82, 2.24) is 4.98 Å². The fourth-order valence-electron chi connectivity index (χ4n) is 1.44. The van der Waals surface area contributed by atoms with E-state index in [1.807, 2.05) is 18.2 Å². The van der Waals surface area contributed by atoms with Gasteiger partial charge in [-0.05, 0) is 24.6 Å². The van der Waals surface area contributed by atoms with Crippen molar-refractivity contribution in [3.05, 3.63) is 47.8 Å². The number of rotatable bonds is 2. The fourth-order valence-corrected chi connectivity index (χ4v) is 1.44. The second kappa shape index (κ2) is 4.31. The smallest absolute Gasteiger partial charge is 0.213 e. The third-order valence-electron chi connectivity index (χ3n) is 2.40. The summed E-state index contributed by atoms with van der Waals surface area (Å²) in [5.41, 5.74) is 2.09. The molecular weight excluding hydrogens is 205 g/mol. The van der Waals surface area contributed by atoms with E-state index in [2.05, 4.69) is 4.98 Å². The molecule has 0 fully saturated rings. The maximum atomic E-state index is 13.4. The Kier molecular flexibility index (Phi) is 2.86. The van der Waals surface area contributed by atoms with Gasteiger partial charge in [0.2, 0.25) is 5.88 Å². The first kappa shape index (κ1) is 10.6. The van der Waals surface area contributed by atoms with Crippen LogP contribution in [0.5, 0.6) is 5.88 Å². The van der Waals surface area contributed by atoms with E-state index in [0.717, 1.165) is 5.56 Å². The van der Waals surface area contributed by atoms with E-state index in [1.54, 1.807) is 26.2 Å². The van der Waals surface area contributed by atoms with Gasteiger partial charge in [-0.3, -0.25) is 0 Å². The molecule has 82 valence electrons. The number of halogens is 1. The van der Waals surface area contributed by atoms with Crippen molar-refractivity contribution in [2.24, 2.45) is 0 Å². The summed E-state index contributed by atoms with van der Waals surface area (Å²) in [6.07, 6.45) is 0. The molecule has 0 spiro atoms. The van der Waals surface area contributed by atoms with Gasteiger partial charge in [0, 0.05) is 11.6 Å². The number of hydrogen-bond donors (Lipinski definition) is 0. The fraction of sp³-hybridized carbons (Fsp3) is 0.154. The van der Waals surface area contributed by atoms with E-state index in [4.69, 9.17) is 4.74 Å². The van der Waals surface area contributed by atoms with Crippen LogP contribution in [0, 0.1) is 12.7 Å². The van der Waals surface area contributed by atoms with Crippen molar-refractivity contribution in [1.29, 1.82) is 0 Å². The van der Waals surface area contributed by atoms with E-state index in [1.165, 1.54) is 6.07 Å². The largest absolute Gasteiger partial charge is 0.481 e. The summed E-state index contributed by atoms with van der Waals surface area (Å²) in [6.45, 7) is 1.73. The molecule has 2 nitrogen and oxygen atoms in total. The molecule has 3 heteroatoms. The maximum absolute atomic E-state index is 13.4. The van der Waals surface area contributed by atoms with E-state index in [9.17, 15) is 4.39 Å². The summed E-state index contributed by atoms with van der Waals surface area (Å²) in [5, 5.41) is 0. The van der Waals surface area contributed by atoms with Crippen molar-refractivity contribution < 1.29 is 9.13 Å². The molecular formula is C13H12FNO. The Labute approximate surface area is 93.7 Å². The molecule has 1 aromatic heterocycles. The van der Waals surface area contributed by atoms with Crippen LogP contribution in [-0.2, 0) is 0 Å². The molecule has 0 amide bonds. The molecule has 0 saturated carbocycles. The Morgan fingerprint density at radius 1 is 1.19 bits per heavy atom. The molecule has 16 heavy (non-hydrogen) atoms. The van der Waals surface area contributed by atoms with Crippen LogP contribution >= 0.6 is 0 Å². The van der Waals surface area contributed by atoms with E-state index in [0.29, 0.717) is 17.1 Å². The van der Waals surface area contributed by atoms with Crippen LogP contribution in [0.2, 0.25) is 0 Å². The van der Waals surface area contributed by atoms with Gasteiger partial charge in [0.25, 0.3) is 0 Å². The quantitative estimate of drug-likeness (QED) is 0.770. The standard InChI is InChI=1S/C13H12FNO/c1-9-6-7-10(8-11(9)14)12-4-3-5-13(15-12)16-2/h3-8H,1-2H3. The molecule has 0 radical (unpaired) electrons. The highest BCUT2D eigenvalue weighted by Gasteiger charge is 2.04. The first-order valence-corrected chi connectivity index (χ1v) is 4.98. The Morgan fingerprint density at radius 3 is 2.69 bits per heavy atom. The van der Waals surface area contributed by atoms with Gasteiger partial charge in [-0.25, -0.2) is 9.37 Å². The molecule has 2 rings (SSSR count). The van der Waals surface area contributed by atoms with Gasteiger partial charge in [-0.1, -0.05) is 18.2 Å². The average molecular weight is 217 g/mol. The summed E-state index contributed by atoms with van der Waals surface area (Å²) in [4.78, 5) is 4.24. The topological polar surface area (TPSA) is 22.1 Å². The lowest BCUT2D eigenvalue weighted by Gasteiger charge is -2.04. The van der Waals surface area contributed by atoms with Crippen LogP contribution < -0.4 is 4.74 Å². The lowest BCUT2D eigenvalue weighted by Crippen LogP contribution is -1.90. The number of ether oxygens (including phenoxy) is 1. The Balaban J connectivity index is 2.46. The number of nitrogens with zero attached hydrogens (tertiary/aromatic N) is 1. The highest BCUT2D eigenvalue weighted by atomic mass is 19.1. The lowest BCUT2D eigenvalue weighted by molar-refractivity contribution is 0.398. The molecule has 1 aromatic carbocycles. The average Bonchev–Trinajstić information content (AvgIpc) is 2.33. The lowest BCUT2D eigenvalue weighted by atomic mass is 10.1. The second-order valence-electron chi connectivity index (χ2n) is 3.53. The van der Waals surface area contributed by atoms with Crippen molar-refractivity contribution in [3.8, 4) is 17.1 Å². The Bertz CT molecular complexity index is 511. The summed E-state index contributed by atoms with van der Waals surface area (Å²) < 4.78 is 18.4. The highest BCUT2D eigenvalue weighted by molar-refractivity contribution is 5.60. The number of aromatic nitrogens is 1. The van der Waals surface area contributed by atoms with Gasteiger partial charge >= 0.3 is 0 Å². The molecule has 0 N–H and O–H groups in total. The summed E-state index contributed by atoms with van der Waals surface area (Å²) >= 11 is 0. The monoisotopic (exact) mass is 217 g/mol. The minimum atomic E-state index is -0.220. The highest BCUT2D eigenvalue weighted by Crippen LogP contribution is 2.21. The van der Waals surface area contributed by atoms with Crippen LogP contribution in [0.15, 0.2) is 36.4 Å². The van der Waals surface area contributed by atoms with Gasteiger partial charge in [0.15, 0.2) is 0 Å². The Morgan fingerprint density at radius 2 is 2.00 bits per heavy atom. The molecule has 1 heterocycles. The maximum Gasteiger partial charge on any atom is 0.213 e. The molecule has 0 bridgehead atoms. The van der Waals surface area contributed by atoms with Crippen LogP contribution in [0.3, 0.4) is 0 Å². The SMILES string of the molecule is COc1cccc(-c2ccc(C)c(F)c2)n1. The van der Waals surface area contributed by atoms with Crippen LogP contribution in [-0.4, -0.2) is 12.1 Å².